The van der Waals surface area contributed by atoms with Crippen LogP contribution in [0.3, 0.4) is 0 Å². The molecule has 3 rings (SSSR count). The number of carbonyl (C=O) groups excluding carboxylic acids is 1. The lowest BCUT2D eigenvalue weighted by molar-refractivity contribution is -0.128. The first-order valence-electron chi connectivity index (χ1n) is 7.87. The monoisotopic (exact) mass is 272 g/mol. The van der Waals surface area contributed by atoms with Crippen LogP contribution in [-0.4, -0.2) is 12.5 Å². The van der Waals surface area contributed by atoms with E-state index >= 15 is 0 Å². The molecule has 0 spiro atoms. The van der Waals surface area contributed by atoms with Gasteiger partial charge < -0.3 is 10.6 Å². The first-order chi connectivity index (χ1) is 9.66. The van der Waals surface area contributed by atoms with Crippen LogP contribution in [0.15, 0.2) is 18.2 Å². The van der Waals surface area contributed by atoms with Gasteiger partial charge >= 0.3 is 0 Å². The molecule has 1 amide bonds. The van der Waals surface area contributed by atoms with Crippen LogP contribution in [0.5, 0.6) is 0 Å². The van der Waals surface area contributed by atoms with Gasteiger partial charge in [-0.15, -0.1) is 0 Å². The van der Waals surface area contributed by atoms with E-state index in [0.29, 0.717) is 5.91 Å². The maximum atomic E-state index is 13.1. The fourth-order valence-corrected chi connectivity index (χ4v) is 3.88. The van der Waals surface area contributed by atoms with Gasteiger partial charge in [0.25, 0.3) is 0 Å². The van der Waals surface area contributed by atoms with Gasteiger partial charge in [0.2, 0.25) is 5.91 Å². The molecule has 0 radical (unpaired) electrons. The smallest absolute Gasteiger partial charge is 0.233 e. The predicted molar refractivity (Wildman–Crippen MR) is 82.7 cm³/mol. The second-order valence-electron chi connectivity index (χ2n) is 6.29. The highest BCUT2D eigenvalue weighted by molar-refractivity contribution is 5.99. The van der Waals surface area contributed by atoms with Crippen molar-refractivity contribution in [3.8, 4) is 0 Å². The summed E-state index contributed by atoms with van der Waals surface area (Å²) in [5.41, 5.74) is 8.89. The van der Waals surface area contributed by atoms with Gasteiger partial charge in [-0.3, -0.25) is 4.79 Å². The zero-order valence-electron chi connectivity index (χ0n) is 12.3. The van der Waals surface area contributed by atoms with E-state index in [0.717, 1.165) is 50.0 Å². The molecular weight excluding hydrogens is 248 g/mol. The van der Waals surface area contributed by atoms with E-state index in [1.54, 1.807) is 0 Å². The second kappa shape index (κ2) is 5.12. The van der Waals surface area contributed by atoms with E-state index in [-0.39, 0.29) is 5.41 Å². The standard InChI is InChI=1S/C17H24N2O/c1-2-17(9-3-4-10-17)16(20)19-11-5-6-13-12-14(18)7-8-15(13)19/h7-8,12H,2-6,9-11,18H2,1H3. The number of anilines is 2. The molecule has 0 unspecified atom stereocenters. The lowest BCUT2D eigenvalue weighted by Crippen LogP contribution is -2.45. The number of hydrogen-bond acceptors (Lipinski definition) is 2. The number of aryl methyl sites for hydroxylation is 1. The molecule has 2 N–H and O–H groups in total. The molecule has 0 atom stereocenters. The van der Waals surface area contributed by atoms with Crippen molar-refractivity contribution in [1.82, 2.24) is 0 Å². The van der Waals surface area contributed by atoms with Crippen molar-refractivity contribution in [2.75, 3.05) is 17.2 Å². The fraction of sp³-hybridized carbons (Fsp3) is 0.588. The minimum Gasteiger partial charge on any atom is -0.399 e. The number of nitrogen functional groups attached to an aromatic ring is 1. The van der Waals surface area contributed by atoms with Gasteiger partial charge in [-0.05, 0) is 55.9 Å². The summed E-state index contributed by atoms with van der Waals surface area (Å²) in [7, 11) is 0. The summed E-state index contributed by atoms with van der Waals surface area (Å²) in [4.78, 5) is 15.1. The summed E-state index contributed by atoms with van der Waals surface area (Å²) in [6.45, 7) is 3.02. The van der Waals surface area contributed by atoms with Crippen LogP contribution < -0.4 is 10.6 Å². The molecule has 1 heterocycles. The zero-order valence-corrected chi connectivity index (χ0v) is 12.3. The molecule has 2 aliphatic rings. The average molecular weight is 272 g/mol. The van der Waals surface area contributed by atoms with E-state index in [9.17, 15) is 4.79 Å². The second-order valence-corrected chi connectivity index (χ2v) is 6.29. The number of rotatable bonds is 2. The van der Waals surface area contributed by atoms with Crippen LogP contribution >= 0.6 is 0 Å². The predicted octanol–water partition coefficient (Wildman–Crippen LogP) is 3.52. The number of nitrogens with zero attached hydrogens (tertiary/aromatic N) is 1. The summed E-state index contributed by atoms with van der Waals surface area (Å²) in [5.74, 6) is 0.350. The summed E-state index contributed by atoms with van der Waals surface area (Å²) in [5, 5.41) is 0. The minimum absolute atomic E-state index is 0.101. The van der Waals surface area contributed by atoms with Crippen molar-refractivity contribution in [2.45, 2.75) is 51.9 Å². The Morgan fingerprint density at radius 2 is 2.05 bits per heavy atom. The molecule has 1 fully saturated rings. The first-order valence-corrected chi connectivity index (χ1v) is 7.87. The number of hydrogen-bond donors (Lipinski definition) is 1. The number of benzene rings is 1. The van der Waals surface area contributed by atoms with E-state index in [1.807, 2.05) is 23.1 Å². The molecule has 20 heavy (non-hydrogen) atoms. The zero-order chi connectivity index (χ0) is 14.2. The molecule has 1 saturated carbocycles. The molecule has 3 nitrogen and oxygen atoms in total. The van der Waals surface area contributed by atoms with Gasteiger partial charge in [0, 0.05) is 23.3 Å². The maximum absolute atomic E-state index is 13.1. The summed E-state index contributed by atoms with van der Waals surface area (Å²) >= 11 is 0. The molecule has 1 aliphatic carbocycles. The molecule has 0 aromatic heterocycles. The van der Waals surface area contributed by atoms with Crippen LogP contribution in [-0.2, 0) is 11.2 Å². The highest BCUT2D eigenvalue weighted by Crippen LogP contribution is 2.44. The summed E-state index contributed by atoms with van der Waals surface area (Å²) < 4.78 is 0. The number of amides is 1. The maximum Gasteiger partial charge on any atom is 0.233 e. The normalized spacial score (nSPS) is 20.8. The summed E-state index contributed by atoms with van der Waals surface area (Å²) in [6.07, 6.45) is 7.55. The number of nitrogens with two attached hydrogens (primary N) is 1. The van der Waals surface area contributed by atoms with Crippen LogP contribution in [0.1, 0.15) is 51.0 Å². The SMILES string of the molecule is CCC1(C(=O)N2CCCc3cc(N)ccc32)CCCC1. The Bertz CT molecular complexity index is 518. The van der Waals surface area contributed by atoms with Crippen molar-refractivity contribution in [1.29, 1.82) is 0 Å². The lowest BCUT2D eigenvalue weighted by Gasteiger charge is -2.37. The highest BCUT2D eigenvalue weighted by Gasteiger charge is 2.42. The Morgan fingerprint density at radius 3 is 2.75 bits per heavy atom. The third-order valence-corrected chi connectivity index (χ3v) is 5.16. The Labute approximate surface area is 121 Å². The van der Waals surface area contributed by atoms with Crippen molar-refractivity contribution >= 4 is 17.3 Å². The van der Waals surface area contributed by atoms with Gasteiger partial charge in [0.05, 0.1) is 0 Å². The van der Waals surface area contributed by atoms with Crippen molar-refractivity contribution < 1.29 is 4.79 Å². The number of carbonyl (C=O) groups is 1. The van der Waals surface area contributed by atoms with Crippen molar-refractivity contribution in [3.05, 3.63) is 23.8 Å². The van der Waals surface area contributed by atoms with Crippen LogP contribution in [0, 0.1) is 5.41 Å². The largest absolute Gasteiger partial charge is 0.399 e. The molecule has 108 valence electrons. The van der Waals surface area contributed by atoms with E-state index in [1.165, 1.54) is 18.4 Å². The third-order valence-electron chi connectivity index (χ3n) is 5.16. The van der Waals surface area contributed by atoms with Gasteiger partial charge in [-0.25, -0.2) is 0 Å². The van der Waals surface area contributed by atoms with Crippen LogP contribution in [0.2, 0.25) is 0 Å². The molecule has 1 aliphatic heterocycles. The Kier molecular flexibility index (Phi) is 3.45. The van der Waals surface area contributed by atoms with E-state index in [4.69, 9.17) is 5.73 Å². The van der Waals surface area contributed by atoms with Gasteiger partial charge in [0.1, 0.15) is 0 Å². The molecule has 0 bridgehead atoms. The lowest BCUT2D eigenvalue weighted by atomic mass is 9.81. The first kappa shape index (κ1) is 13.5. The quantitative estimate of drug-likeness (QED) is 0.837. The van der Waals surface area contributed by atoms with Gasteiger partial charge in [0.15, 0.2) is 0 Å². The Hall–Kier alpha value is -1.51. The number of fused-ring (bicyclic) bond motifs is 1. The third kappa shape index (κ3) is 2.09. The van der Waals surface area contributed by atoms with Crippen molar-refractivity contribution in [3.63, 3.8) is 0 Å². The summed E-state index contributed by atoms with van der Waals surface area (Å²) in [6, 6.07) is 5.97. The molecular formula is C17H24N2O. The van der Waals surface area contributed by atoms with Crippen molar-refractivity contribution in [2.24, 2.45) is 5.41 Å². The molecule has 3 heteroatoms. The minimum atomic E-state index is -0.101. The molecule has 0 saturated heterocycles. The molecule has 1 aromatic rings. The van der Waals surface area contributed by atoms with Gasteiger partial charge in [-0.2, -0.15) is 0 Å². The molecule has 1 aromatic carbocycles. The topological polar surface area (TPSA) is 46.3 Å². The van der Waals surface area contributed by atoms with Crippen LogP contribution in [0.25, 0.3) is 0 Å². The van der Waals surface area contributed by atoms with E-state index in [2.05, 4.69) is 6.92 Å². The van der Waals surface area contributed by atoms with E-state index < -0.39 is 0 Å². The Balaban J connectivity index is 1.94. The fourth-order valence-electron chi connectivity index (χ4n) is 3.88. The van der Waals surface area contributed by atoms with Gasteiger partial charge in [-0.1, -0.05) is 19.8 Å². The highest BCUT2D eigenvalue weighted by atomic mass is 16.2. The average Bonchev–Trinajstić information content (AvgIpc) is 2.95. The Morgan fingerprint density at radius 1 is 1.30 bits per heavy atom. The van der Waals surface area contributed by atoms with Crippen LogP contribution in [0.4, 0.5) is 11.4 Å².